The minimum absolute atomic E-state index is 0.00933. The van der Waals surface area contributed by atoms with Gasteiger partial charge in [0.05, 0.1) is 31.8 Å². The average Bonchev–Trinajstić information content (AvgIpc) is 2.90. The number of benzene rings is 3. The van der Waals surface area contributed by atoms with Gasteiger partial charge in [-0.05, 0) is 34.9 Å². The first kappa shape index (κ1) is 23.0. The van der Waals surface area contributed by atoms with Crippen LogP contribution < -0.4 is 15.0 Å². The second-order valence-electron chi connectivity index (χ2n) is 8.29. The van der Waals surface area contributed by atoms with Crippen LogP contribution in [0.15, 0.2) is 71.5 Å². The van der Waals surface area contributed by atoms with Crippen molar-refractivity contribution in [2.75, 3.05) is 14.2 Å². The van der Waals surface area contributed by atoms with E-state index >= 15 is 0 Å². The Morgan fingerprint density at radius 2 is 1.72 bits per heavy atom. The minimum atomic E-state index is -0.690. The third-order valence-electron chi connectivity index (χ3n) is 6.16. The van der Waals surface area contributed by atoms with Crippen LogP contribution in [0.3, 0.4) is 0 Å². The van der Waals surface area contributed by atoms with Gasteiger partial charge in [-0.3, -0.25) is 14.4 Å². The largest absolute Gasteiger partial charge is 0.497 e. The van der Waals surface area contributed by atoms with Crippen LogP contribution in [0.1, 0.15) is 32.7 Å². The van der Waals surface area contributed by atoms with E-state index in [-0.39, 0.29) is 17.9 Å². The highest BCUT2D eigenvalue weighted by atomic mass is 16.5. The number of hydrogen-bond donors (Lipinski definition) is 0. The van der Waals surface area contributed by atoms with Crippen molar-refractivity contribution in [3.63, 3.8) is 0 Å². The number of Topliss-reactive ketones (excluding diaryl/α,β-unsaturated/α-hetero) is 1. The second-order valence-corrected chi connectivity index (χ2v) is 8.29. The molecule has 8 nitrogen and oxygen atoms in total. The van der Waals surface area contributed by atoms with Gasteiger partial charge in [0.25, 0.3) is 5.56 Å². The number of ether oxygens (including phenoxy) is 3. The smallest absolute Gasteiger partial charge is 0.338 e. The minimum Gasteiger partial charge on any atom is -0.497 e. The summed E-state index contributed by atoms with van der Waals surface area (Å²) in [5.74, 6) is -1.18. The summed E-state index contributed by atoms with van der Waals surface area (Å²) in [4.78, 5) is 50.2. The normalized spacial score (nSPS) is 12.7. The molecule has 4 aromatic rings. The van der Waals surface area contributed by atoms with Crippen LogP contribution in [0.5, 0.6) is 11.5 Å². The second kappa shape index (κ2) is 9.14. The maximum atomic E-state index is 13.4. The van der Waals surface area contributed by atoms with E-state index in [1.807, 2.05) is 36.4 Å². The number of nitrogens with zero attached hydrogens (tertiary/aromatic N) is 1. The predicted molar refractivity (Wildman–Crippen MR) is 132 cm³/mol. The van der Waals surface area contributed by atoms with Crippen molar-refractivity contribution in [2.45, 2.75) is 13.0 Å². The number of esters is 2. The van der Waals surface area contributed by atoms with Crippen LogP contribution in [0, 0.1) is 0 Å². The molecule has 180 valence electrons. The van der Waals surface area contributed by atoms with E-state index in [1.165, 1.54) is 18.8 Å². The zero-order valence-corrected chi connectivity index (χ0v) is 19.6. The van der Waals surface area contributed by atoms with Crippen molar-refractivity contribution in [1.82, 2.24) is 4.57 Å². The third kappa shape index (κ3) is 3.92. The van der Waals surface area contributed by atoms with E-state index in [1.54, 1.807) is 30.3 Å². The Morgan fingerprint density at radius 3 is 2.44 bits per heavy atom. The van der Waals surface area contributed by atoms with Crippen molar-refractivity contribution < 1.29 is 28.6 Å². The van der Waals surface area contributed by atoms with Crippen LogP contribution in [0.4, 0.5) is 0 Å². The zero-order chi connectivity index (χ0) is 25.4. The molecule has 0 saturated heterocycles. The summed E-state index contributed by atoms with van der Waals surface area (Å²) in [6.45, 7) is 0.163. The van der Waals surface area contributed by atoms with Gasteiger partial charge in [0.2, 0.25) is 0 Å². The molecular formula is C28H21NO7. The van der Waals surface area contributed by atoms with Crippen LogP contribution in [-0.2, 0) is 16.1 Å². The highest BCUT2D eigenvalue weighted by Gasteiger charge is 2.31. The summed E-state index contributed by atoms with van der Waals surface area (Å²) >= 11 is 0. The molecule has 8 heteroatoms. The quantitative estimate of drug-likeness (QED) is 0.312. The molecule has 3 aromatic carbocycles. The molecule has 2 heterocycles. The van der Waals surface area contributed by atoms with Crippen molar-refractivity contribution >= 4 is 28.6 Å². The lowest BCUT2D eigenvalue weighted by atomic mass is 9.98. The molecule has 0 aliphatic carbocycles. The van der Waals surface area contributed by atoms with E-state index in [4.69, 9.17) is 14.2 Å². The van der Waals surface area contributed by atoms with Crippen LogP contribution in [0.2, 0.25) is 0 Å². The Kier molecular flexibility index (Phi) is 5.85. The summed E-state index contributed by atoms with van der Waals surface area (Å²) in [7, 11) is 2.85. The molecule has 0 atom stereocenters. The lowest BCUT2D eigenvalue weighted by Crippen LogP contribution is -2.33. The first-order chi connectivity index (χ1) is 17.4. The molecule has 1 aliphatic rings. The molecule has 1 aliphatic heterocycles. The fraction of sp³-hybridized carbons (Fsp3) is 0.143. The molecule has 0 saturated carbocycles. The number of pyridine rings is 1. The van der Waals surface area contributed by atoms with Gasteiger partial charge in [-0.2, -0.15) is 0 Å². The van der Waals surface area contributed by atoms with Crippen LogP contribution in [-0.4, -0.2) is 36.5 Å². The SMILES string of the molecule is COC(=O)c1ccccc1-c1ccc(Cn2c(=O)c3c(c4ccc(OC)cc42)OC(=O)CC3=O)cc1. The molecule has 1 aromatic heterocycles. The molecule has 0 fully saturated rings. The maximum absolute atomic E-state index is 13.4. The highest BCUT2D eigenvalue weighted by molar-refractivity contribution is 6.14. The number of aromatic nitrogens is 1. The summed E-state index contributed by atoms with van der Waals surface area (Å²) in [5, 5.41) is 0.468. The first-order valence-corrected chi connectivity index (χ1v) is 11.2. The van der Waals surface area contributed by atoms with E-state index in [0.717, 1.165) is 16.7 Å². The molecule has 36 heavy (non-hydrogen) atoms. The van der Waals surface area contributed by atoms with Gasteiger partial charge in [0, 0.05) is 11.5 Å². The van der Waals surface area contributed by atoms with E-state index in [0.29, 0.717) is 22.2 Å². The van der Waals surface area contributed by atoms with Crippen molar-refractivity contribution in [3.8, 4) is 22.6 Å². The van der Waals surface area contributed by atoms with Gasteiger partial charge >= 0.3 is 11.9 Å². The summed E-state index contributed by atoms with van der Waals surface area (Å²) in [5.41, 5.74) is 2.58. The Morgan fingerprint density at radius 1 is 0.972 bits per heavy atom. The van der Waals surface area contributed by atoms with Crippen LogP contribution >= 0.6 is 0 Å². The molecule has 0 spiro atoms. The molecule has 0 N–H and O–H groups in total. The van der Waals surface area contributed by atoms with Gasteiger partial charge < -0.3 is 18.8 Å². The first-order valence-electron chi connectivity index (χ1n) is 11.2. The Bertz CT molecular complexity index is 1600. The van der Waals surface area contributed by atoms with E-state index in [2.05, 4.69) is 0 Å². The topological polar surface area (TPSA) is 101 Å². The molecular weight excluding hydrogens is 462 g/mol. The Balaban J connectivity index is 1.60. The number of fused-ring (bicyclic) bond motifs is 3. The molecule has 0 radical (unpaired) electrons. The van der Waals surface area contributed by atoms with Crippen molar-refractivity contribution in [3.05, 3.63) is 93.8 Å². The fourth-order valence-corrected chi connectivity index (χ4v) is 4.40. The van der Waals surface area contributed by atoms with Crippen LogP contribution in [0.25, 0.3) is 22.0 Å². The molecule has 0 amide bonds. The Hall–Kier alpha value is -4.72. The van der Waals surface area contributed by atoms with Gasteiger partial charge in [-0.25, -0.2) is 4.79 Å². The molecule has 0 bridgehead atoms. The van der Waals surface area contributed by atoms with E-state index in [9.17, 15) is 19.2 Å². The third-order valence-corrected chi connectivity index (χ3v) is 6.16. The monoisotopic (exact) mass is 483 g/mol. The number of hydrogen-bond acceptors (Lipinski definition) is 7. The number of rotatable bonds is 5. The summed E-state index contributed by atoms with van der Waals surface area (Å²) in [6.07, 6.45) is -0.474. The van der Waals surface area contributed by atoms with Gasteiger partial charge in [-0.1, -0.05) is 42.5 Å². The number of methoxy groups -OCH3 is 2. The standard InChI is InChI=1S/C28H21NO7/c1-34-18-11-12-21-22(13-18)29(27(32)25-23(30)14-24(31)36-26(21)25)15-16-7-9-17(10-8-16)19-5-3-4-6-20(19)28(33)35-2/h3-13H,14-15H2,1-2H3. The zero-order valence-electron chi connectivity index (χ0n) is 19.6. The van der Waals surface area contributed by atoms with Crippen molar-refractivity contribution in [2.24, 2.45) is 0 Å². The van der Waals surface area contributed by atoms with Crippen molar-refractivity contribution in [1.29, 1.82) is 0 Å². The summed E-state index contributed by atoms with van der Waals surface area (Å²) in [6, 6.07) is 19.6. The number of carbonyl (C=O) groups excluding carboxylic acids is 3. The lowest BCUT2D eigenvalue weighted by molar-refractivity contribution is -0.133. The number of carbonyl (C=O) groups is 3. The lowest BCUT2D eigenvalue weighted by Gasteiger charge is -2.20. The van der Waals surface area contributed by atoms with E-state index < -0.39 is 29.7 Å². The Labute approximate surface area is 205 Å². The average molecular weight is 483 g/mol. The van der Waals surface area contributed by atoms with Gasteiger partial charge in [-0.15, -0.1) is 0 Å². The number of ketones is 1. The maximum Gasteiger partial charge on any atom is 0.338 e. The van der Waals surface area contributed by atoms with Gasteiger partial charge in [0.1, 0.15) is 17.7 Å². The summed E-state index contributed by atoms with van der Waals surface area (Å²) < 4.78 is 17.0. The molecule has 5 rings (SSSR count). The van der Waals surface area contributed by atoms with Gasteiger partial charge in [0.15, 0.2) is 11.5 Å². The molecule has 0 unspecified atom stereocenters. The highest BCUT2D eigenvalue weighted by Crippen LogP contribution is 2.34. The fourth-order valence-electron chi connectivity index (χ4n) is 4.40. The predicted octanol–water partition coefficient (Wildman–Crippen LogP) is 4.00.